The van der Waals surface area contributed by atoms with E-state index >= 15 is 0 Å². The number of hydrogen-bond acceptors (Lipinski definition) is 4. The third-order valence-corrected chi connectivity index (χ3v) is 3.53. The molecule has 1 aromatic heterocycles. The summed E-state index contributed by atoms with van der Waals surface area (Å²) in [4.78, 5) is 10.7. The number of thiophene rings is 1. The van der Waals surface area contributed by atoms with Crippen LogP contribution in [-0.2, 0) is 14.6 Å². The van der Waals surface area contributed by atoms with Crippen LogP contribution in [0.15, 0.2) is 16.8 Å². The minimum Gasteiger partial charge on any atom is -0.480 e. The smallest absolute Gasteiger partial charge is 0.326 e. The van der Waals surface area contributed by atoms with Crippen molar-refractivity contribution >= 4 is 27.1 Å². The van der Waals surface area contributed by atoms with Crippen LogP contribution in [0.1, 0.15) is 10.8 Å². The maximum atomic E-state index is 11.1. The van der Waals surface area contributed by atoms with Gasteiger partial charge in [0.25, 0.3) is 0 Å². The van der Waals surface area contributed by atoms with Crippen LogP contribution in [-0.4, -0.2) is 25.7 Å². The maximum Gasteiger partial charge on any atom is 0.326 e. The van der Waals surface area contributed by atoms with E-state index in [1.165, 1.54) is 22.8 Å². The molecule has 0 spiro atoms. The van der Waals surface area contributed by atoms with Gasteiger partial charge in [0.15, 0.2) is 15.1 Å². The van der Waals surface area contributed by atoms with Crippen LogP contribution in [0.5, 0.6) is 0 Å². The number of sulfone groups is 1. The summed E-state index contributed by atoms with van der Waals surface area (Å²) in [6, 6.07) is 1.50. The summed E-state index contributed by atoms with van der Waals surface area (Å²) in [7, 11) is -3.58. The average molecular weight is 220 g/mol. The molecule has 0 amide bonds. The van der Waals surface area contributed by atoms with Crippen molar-refractivity contribution in [1.82, 2.24) is 0 Å². The van der Waals surface area contributed by atoms with Crippen LogP contribution in [0.3, 0.4) is 0 Å². The molecule has 0 aliphatic carbocycles. The van der Waals surface area contributed by atoms with Gasteiger partial charge < -0.3 is 5.11 Å². The zero-order chi connectivity index (χ0) is 10.1. The zero-order valence-electron chi connectivity index (χ0n) is 6.80. The standard InChI is InChI=1S/C7H8O4S2/c1-13(10,11)6(7(8)9)5-2-3-12-4-5/h2-4,6H,1H3,(H,8,9). The lowest BCUT2D eigenvalue weighted by Crippen LogP contribution is -2.20. The molecule has 0 aromatic carbocycles. The first-order valence-electron chi connectivity index (χ1n) is 3.36. The summed E-state index contributed by atoms with van der Waals surface area (Å²) in [6.45, 7) is 0. The molecular formula is C7H8O4S2. The van der Waals surface area contributed by atoms with E-state index in [9.17, 15) is 13.2 Å². The van der Waals surface area contributed by atoms with Crippen molar-refractivity contribution in [3.63, 3.8) is 0 Å². The Hall–Kier alpha value is -0.880. The summed E-state index contributed by atoms with van der Waals surface area (Å²) in [6.07, 6.45) is 0.920. The highest BCUT2D eigenvalue weighted by Crippen LogP contribution is 2.23. The van der Waals surface area contributed by atoms with Crippen LogP contribution < -0.4 is 0 Å². The zero-order valence-corrected chi connectivity index (χ0v) is 8.43. The monoisotopic (exact) mass is 220 g/mol. The fraction of sp³-hybridized carbons (Fsp3) is 0.286. The van der Waals surface area contributed by atoms with Gasteiger partial charge in [0.1, 0.15) is 0 Å². The molecule has 0 aliphatic heterocycles. The third-order valence-electron chi connectivity index (χ3n) is 1.50. The topological polar surface area (TPSA) is 71.4 Å². The van der Waals surface area contributed by atoms with Gasteiger partial charge in [-0.3, -0.25) is 4.79 Å². The highest BCUT2D eigenvalue weighted by atomic mass is 32.2. The fourth-order valence-electron chi connectivity index (χ4n) is 0.997. The minimum absolute atomic E-state index is 0.319. The number of carboxylic acid groups (broad SMARTS) is 1. The molecule has 1 atom stereocenters. The van der Waals surface area contributed by atoms with Gasteiger partial charge in [0.05, 0.1) is 0 Å². The predicted molar refractivity (Wildman–Crippen MR) is 49.5 cm³/mol. The van der Waals surface area contributed by atoms with Gasteiger partial charge in [-0.15, -0.1) is 0 Å². The molecule has 0 aliphatic rings. The van der Waals surface area contributed by atoms with Gasteiger partial charge in [-0.25, -0.2) is 8.42 Å². The lowest BCUT2D eigenvalue weighted by molar-refractivity contribution is -0.136. The number of carbonyl (C=O) groups is 1. The molecule has 0 radical (unpaired) electrons. The van der Waals surface area contributed by atoms with Crippen molar-refractivity contribution in [2.75, 3.05) is 6.26 Å². The molecule has 1 heterocycles. The van der Waals surface area contributed by atoms with Gasteiger partial charge in [-0.05, 0) is 22.4 Å². The van der Waals surface area contributed by atoms with Crippen molar-refractivity contribution in [3.8, 4) is 0 Å². The van der Waals surface area contributed by atoms with E-state index < -0.39 is 21.1 Å². The lowest BCUT2D eigenvalue weighted by atomic mass is 10.2. The van der Waals surface area contributed by atoms with Gasteiger partial charge in [-0.2, -0.15) is 11.3 Å². The molecular weight excluding hydrogens is 212 g/mol. The van der Waals surface area contributed by atoms with Crippen molar-refractivity contribution in [2.45, 2.75) is 5.25 Å². The van der Waals surface area contributed by atoms with Crippen molar-refractivity contribution in [3.05, 3.63) is 22.4 Å². The van der Waals surface area contributed by atoms with E-state index in [1.807, 2.05) is 0 Å². The van der Waals surface area contributed by atoms with E-state index in [-0.39, 0.29) is 0 Å². The molecule has 13 heavy (non-hydrogen) atoms. The third kappa shape index (κ3) is 2.28. The molecule has 1 aromatic rings. The Kier molecular flexibility index (Phi) is 2.72. The van der Waals surface area contributed by atoms with Crippen LogP contribution >= 0.6 is 11.3 Å². The van der Waals surface area contributed by atoms with E-state index in [0.29, 0.717) is 5.56 Å². The first-order chi connectivity index (χ1) is 5.93. The van der Waals surface area contributed by atoms with E-state index in [1.54, 1.807) is 5.38 Å². The summed E-state index contributed by atoms with van der Waals surface area (Å²) in [5, 5.41) is 10.5. The van der Waals surface area contributed by atoms with Crippen molar-refractivity contribution in [2.24, 2.45) is 0 Å². The fourth-order valence-corrected chi connectivity index (χ4v) is 2.78. The van der Waals surface area contributed by atoms with E-state index in [2.05, 4.69) is 0 Å². The van der Waals surface area contributed by atoms with Gasteiger partial charge in [-0.1, -0.05) is 0 Å². The molecule has 1 N–H and O–H groups in total. The van der Waals surface area contributed by atoms with Crippen LogP contribution in [0, 0.1) is 0 Å². The van der Waals surface area contributed by atoms with Gasteiger partial charge >= 0.3 is 5.97 Å². The molecule has 0 fully saturated rings. The molecule has 1 unspecified atom stereocenters. The highest BCUT2D eigenvalue weighted by molar-refractivity contribution is 7.91. The maximum absolute atomic E-state index is 11.1. The second-order valence-electron chi connectivity index (χ2n) is 2.60. The molecule has 0 saturated heterocycles. The summed E-state index contributed by atoms with van der Waals surface area (Å²) in [5.74, 6) is -1.33. The van der Waals surface area contributed by atoms with Crippen molar-refractivity contribution in [1.29, 1.82) is 0 Å². The second kappa shape index (κ2) is 3.47. The highest BCUT2D eigenvalue weighted by Gasteiger charge is 2.30. The Bertz CT molecular complexity index is 390. The summed E-state index contributed by atoms with van der Waals surface area (Å²) >= 11 is 1.27. The number of rotatable bonds is 3. The summed E-state index contributed by atoms with van der Waals surface area (Å²) in [5.41, 5.74) is 0.319. The first-order valence-corrected chi connectivity index (χ1v) is 6.26. The second-order valence-corrected chi connectivity index (χ2v) is 5.51. The Morgan fingerprint density at radius 2 is 2.23 bits per heavy atom. The first kappa shape index (κ1) is 10.2. The normalized spacial score (nSPS) is 13.9. The van der Waals surface area contributed by atoms with Crippen molar-refractivity contribution < 1.29 is 18.3 Å². The van der Waals surface area contributed by atoms with E-state index in [4.69, 9.17) is 5.11 Å². The van der Waals surface area contributed by atoms with Gasteiger partial charge in [0, 0.05) is 6.26 Å². The summed E-state index contributed by atoms with van der Waals surface area (Å²) < 4.78 is 22.2. The Labute approximate surface area is 79.7 Å². The van der Waals surface area contributed by atoms with Crippen LogP contribution in [0.25, 0.3) is 0 Å². The molecule has 4 nitrogen and oxygen atoms in total. The SMILES string of the molecule is CS(=O)(=O)C(C(=O)O)c1ccsc1. The largest absolute Gasteiger partial charge is 0.480 e. The molecule has 1 rings (SSSR count). The quantitative estimate of drug-likeness (QED) is 0.822. The molecule has 72 valence electrons. The molecule has 0 saturated carbocycles. The number of aliphatic carboxylic acids is 1. The van der Waals surface area contributed by atoms with E-state index in [0.717, 1.165) is 6.26 Å². The van der Waals surface area contributed by atoms with Crippen LogP contribution in [0.4, 0.5) is 0 Å². The average Bonchev–Trinajstić information content (AvgIpc) is 2.34. The van der Waals surface area contributed by atoms with Gasteiger partial charge in [0.2, 0.25) is 0 Å². The number of hydrogen-bond donors (Lipinski definition) is 1. The minimum atomic E-state index is -3.58. The molecule has 0 bridgehead atoms. The Morgan fingerprint density at radius 3 is 2.54 bits per heavy atom. The van der Waals surface area contributed by atoms with Crippen LogP contribution in [0.2, 0.25) is 0 Å². The predicted octanol–water partition coefficient (Wildman–Crippen LogP) is 0.918. The lowest BCUT2D eigenvalue weighted by Gasteiger charge is -2.07. The Morgan fingerprint density at radius 1 is 1.62 bits per heavy atom. The number of carboxylic acids is 1. The Balaban J connectivity index is 3.17. The molecule has 6 heteroatoms.